The molecule has 140 valence electrons. The fraction of sp³-hybridized carbons (Fsp3) is 0.500. The number of amides is 1. The summed E-state index contributed by atoms with van der Waals surface area (Å²) in [4.78, 5) is 12.9. The second kappa shape index (κ2) is 8.47. The van der Waals surface area contributed by atoms with Gasteiger partial charge in [-0.15, -0.1) is 0 Å². The molecule has 1 heterocycles. The van der Waals surface area contributed by atoms with E-state index in [4.69, 9.17) is 4.74 Å². The summed E-state index contributed by atoms with van der Waals surface area (Å²) in [6, 6.07) is 11.6. The number of carbonyl (C=O) groups is 1. The zero-order valence-electron chi connectivity index (χ0n) is 15.4. The first-order valence-corrected chi connectivity index (χ1v) is 9.24. The molecule has 0 unspecified atom stereocenters. The molecule has 2 N–H and O–H groups in total. The highest BCUT2D eigenvalue weighted by Crippen LogP contribution is 2.38. The second-order valence-electron chi connectivity index (χ2n) is 6.84. The number of aliphatic hydroxyl groups excluding tert-OH is 1. The van der Waals surface area contributed by atoms with Gasteiger partial charge in [0.2, 0.25) is 0 Å². The van der Waals surface area contributed by atoms with E-state index < -0.39 is 0 Å². The molecule has 6 nitrogen and oxygen atoms in total. The predicted octanol–water partition coefficient (Wildman–Crippen LogP) is 2.47. The Balaban J connectivity index is 1.76. The molecule has 0 saturated heterocycles. The van der Waals surface area contributed by atoms with Gasteiger partial charge in [0.25, 0.3) is 5.91 Å². The Labute approximate surface area is 154 Å². The fourth-order valence-corrected chi connectivity index (χ4v) is 3.45. The van der Waals surface area contributed by atoms with Gasteiger partial charge in [0.1, 0.15) is 5.69 Å². The Morgan fingerprint density at radius 3 is 2.77 bits per heavy atom. The topological polar surface area (TPSA) is 76.4 Å². The van der Waals surface area contributed by atoms with Crippen LogP contribution < -0.4 is 5.32 Å². The Kier molecular flexibility index (Phi) is 6.06. The SMILES string of the molecule is CCOCCn1nc(C)cc1C(=O)N[C@@H](c1ccccc1)C1CC(O)C1. The van der Waals surface area contributed by atoms with Gasteiger partial charge in [0.15, 0.2) is 0 Å². The Morgan fingerprint density at radius 1 is 1.38 bits per heavy atom. The summed E-state index contributed by atoms with van der Waals surface area (Å²) in [5.41, 5.74) is 2.42. The molecule has 0 spiro atoms. The van der Waals surface area contributed by atoms with E-state index in [1.165, 1.54) is 0 Å². The molecule has 6 heteroatoms. The van der Waals surface area contributed by atoms with Crippen molar-refractivity contribution >= 4 is 5.91 Å². The summed E-state index contributed by atoms with van der Waals surface area (Å²) in [6.07, 6.45) is 1.16. The molecule has 2 aromatic rings. The lowest BCUT2D eigenvalue weighted by Gasteiger charge is -2.38. The van der Waals surface area contributed by atoms with Crippen molar-refractivity contribution in [1.82, 2.24) is 15.1 Å². The molecular formula is C20H27N3O3. The largest absolute Gasteiger partial charge is 0.393 e. The molecule has 1 atom stereocenters. The van der Waals surface area contributed by atoms with Crippen LogP contribution in [0, 0.1) is 12.8 Å². The second-order valence-corrected chi connectivity index (χ2v) is 6.84. The third-order valence-electron chi connectivity index (χ3n) is 4.85. The van der Waals surface area contributed by atoms with Gasteiger partial charge in [-0.05, 0) is 44.2 Å². The van der Waals surface area contributed by atoms with Crippen molar-refractivity contribution in [3.8, 4) is 0 Å². The molecule has 1 amide bonds. The smallest absolute Gasteiger partial charge is 0.270 e. The number of aliphatic hydroxyl groups is 1. The van der Waals surface area contributed by atoms with E-state index in [-0.39, 0.29) is 24.0 Å². The molecule has 1 saturated carbocycles. The van der Waals surface area contributed by atoms with Crippen LogP contribution >= 0.6 is 0 Å². The van der Waals surface area contributed by atoms with Gasteiger partial charge in [0, 0.05) is 6.61 Å². The fourth-order valence-electron chi connectivity index (χ4n) is 3.45. The van der Waals surface area contributed by atoms with Crippen molar-refractivity contribution < 1.29 is 14.6 Å². The van der Waals surface area contributed by atoms with Gasteiger partial charge in [0.05, 0.1) is 31.0 Å². The van der Waals surface area contributed by atoms with E-state index in [0.29, 0.717) is 38.3 Å². The Morgan fingerprint density at radius 2 is 2.12 bits per heavy atom. The number of aryl methyl sites for hydroxylation is 1. The Hall–Kier alpha value is -2.18. The van der Waals surface area contributed by atoms with E-state index in [9.17, 15) is 9.90 Å². The first-order valence-electron chi connectivity index (χ1n) is 9.24. The lowest BCUT2D eigenvalue weighted by Crippen LogP contribution is -2.42. The maximum Gasteiger partial charge on any atom is 0.270 e. The third kappa shape index (κ3) is 4.31. The molecule has 1 aliphatic carbocycles. The third-order valence-corrected chi connectivity index (χ3v) is 4.85. The minimum atomic E-state index is -0.262. The number of rotatable bonds is 8. The van der Waals surface area contributed by atoms with Gasteiger partial charge in [-0.1, -0.05) is 30.3 Å². The van der Waals surface area contributed by atoms with Crippen LogP contribution in [0.3, 0.4) is 0 Å². The van der Waals surface area contributed by atoms with Gasteiger partial charge in [-0.3, -0.25) is 9.48 Å². The summed E-state index contributed by atoms with van der Waals surface area (Å²) in [5.74, 6) is 0.106. The minimum absolute atomic E-state index is 0.109. The van der Waals surface area contributed by atoms with Crippen LogP contribution in [0.15, 0.2) is 36.4 Å². The van der Waals surface area contributed by atoms with Crippen molar-refractivity contribution in [2.45, 2.75) is 45.4 Å². The number of nitrogens with zero attached hydrogens (tertiary/aromatic N) is 2. The maximum atomic E-state index is 12.9. The van der Waals surface area contributed by atoms with Crippen molar-refractivity contribution in [3.05, 3.63) is 53.3 Å². The minimum Gasteiger partial charge on any atom is -0.393 e. The molecule has 1 fully saturated rings. The summed E-state index contributed by atoms with van der Waals surface area (Å²) in [6.45, 7) is 5.53. The highest BCUT2D eigenvalue weighted by Gasteiger charge is 2.36. The number of hydrogen-bond acceptors (Lipinski definition) is 4. The van der Waals surface area contributed by atoms with Crippen molar-refractivity contribution in [2.75, 3.05) is 13.2 Å². The van der Waals surface area contributed by atoms with Crippen molar-refractivity contribution in [1.29, 1.82) is 0 Å². The standard InChI is InChI=1S/C20H27N3O3/c1-3-26-10-9-23-18(11-14(2)22-23)20(25)21-19(16-12-17(24)13-16)15-7-5-4-6-8-15/h4-8,11,16-17,19,24H,3,9-10,12-13H2,1-2H3,(H,21,25)/t16?,17?,19-/m0/s1. The van der Waals surface area contributed by atoms with Gasteiger partial charge in [-0.25, -0.2) is 0 Å². The van der Waals surface area contributed by atoms with Crippen LogP contribution in [-0.2, 0) is 11.3 Å². The highest BCUT2D eigenvalue weighted by molar-refractivity contribution is 5.93. The van der Waals surface area contributed by atoms with Crippen molar-refractivity contribution in [3.63, 3.8) is 0 Å². The quantitative estimate of drug-likeness (QED) is 0.712. The average Bonchev–Trinajstić information content (AvgIpc) is 2.99. The van der Waals surface area contributed by atoms with E-state index in [1.807, 2.05) is 44.2 Å². The first kappa shape index (κ1) is 18.6. The number of carbonyl (C=O) groups excluding carboxylic acids is 1. The monoisotopic (exact) mass is 357 g/mol. The van der Waals surface area contributed by atoms with E-state index >= 15 is 0 Å². The van der Waals surface area contributed by atoms with Crippen LogP contribution in [0.25, 0.3) is 0 Å². The zero-order valence-corrected chi connectivity index (χ0v) is 15.4. The lowest BCUT2D eigenvalue weighted by molar-refractivity contribution is 0.0234. The van der Waals surface area contributed by atoms with E-state index in [0.717, 1.165) is 11.3 Å². The van der Waals surface area contributed by atoms with Crippen LogP contribution in [0.4, 0.5) is 0 Å². The number of aromatic nitrogens is 2. The number of ether oxygens (including phenoxy) is 1. The predicted molar refractivity (Wildman–Crippen MR) is 98.8 cm³/mol. The van der Waals surface area contributed by atoms with Gasteiger partial charge in [-0.2, -0.15) is 5.10 Å². The number of nitrogens with one attached hydrogen (secondary N) is 1. The zero-order chi connectivity index (χ0) is 18.5. The van der Waals surface area contributed by atoms with Crippen LogP contribution in [-0.4, -0.2) is 40.1 Å². The number of hydrogen-bond donors (Lipinski definition) is 2. The van der Waals surface area contributed by atoms with Gasteiger partial charge >= 0.3 is 0 Å². The molecule has 1 aromatic heterocycles. The maximum absolute atomic E-state index is 12.9. The van der Waals surface area contributed by atoms with E-state index in [1.54, 1.807) is 10.7 Å². The number of benzene rings is 1. The van der Waals surface area contributed by atoms with Crippen LogP contribution in [0.1, 0.15) is 47.6 Å². The normalized spacial score (nSPS) is 20.4. The summed E-state index contributed by atoms with van der Waals surface area (Å²) in [5, 5.41) is 17.3. The van der Waals surface area contributed by atoms with E-state index in [2.05, 4.69) is 10.4 Å². The summed E-state index contributed by atoms with van der Waals surface area (Å²) < 4.78 is 7.09. The van der Waals surface area contributed by atoms with Gasteiger partial charge < -0.3 is 15.2 Å². The summed E-state index contributed by atoms with van der Waals surface area (Å²) >= 11 is 0. The molecule has 0 bridgehead atoms. The lowest BCUT2D eigenvalue weighted by atomic mass is 9.75. The molecule has 1 aromatic carbocycles. The average molecular weight is 357 g/mol. The molecule has 0 aliphatic heterocycles. The first-order chi connectivity index (χ1) is 12.6. The molecule has 26 heavy (non-hydrogen) atoms. The molecule has 3 rings (SSSR count). The summed E-state index contributed by atoms with van der Waals surface area (Å²) in [7, 11) is 0. The molecule has 0 radical (unpaired) electrons. The van der Waals surface area contributed by atoms with Crippen molar-refractivity contribution in [2.24, 2.45) is 5.92 Å². The molecule has 1 aliphatic rings. The van der Waals surface area contributed by atoms with Crippen LogP contribution in [0.5, 0.6) is 0 Å². The molecular weight excluding hydrogens is 330 g/mol. The highest BCUT2D eigenvalue weighted by atomic mass is 16.5. The Bertz CT molecular complexity index is 723. The van der Waals surface area contributed by atoms with Crippen LogP contribution in [0.2, 0.25) is 0 Å².